The largest absolute Gasteiger partial charge is 0.384 e. The van der Waals surface area contributed by atoms with E-state index >= 15 is 0 Å². The monoisotopic (exact) mass is 342 g/mol. The van der Waals surface area contributed by atoms with Gasteiger partial charge in [0.2, 0.25) is 0 Å². The van der Waals surface area contributed by atoms with Gasteiger partial charge in [-0.15, -0.1) is 0 Å². The van der Waals surface area contributed by atoms with Gasteiger partial charge in [0.15, 0.2) is 5.82 Å². The van der Waals surface area contributed by atoms with Gasteiger partial charge < -0.3 is 10.6 Å². The summed E-state index contributed by atoms with van der Waals surface area (Å²) < 4.78 is 14.8. The van der Waals surface area contributed by atoms with Gasteiger partial charge in [-0.3, -0.25) is 10.3 Å². The first-order chi connectivity index (χ1) is 9.32. The Morgan fingerprint density at radius 3 is 2.40 bits per heavy atom. The van der Waals surface area contributed by atoms with Crippen molar-refractivity contribution < 1.29 is 4.39 Å². The predicted octanol–water partition coefficient (Wildman–Crippen LogP) is 2.40. The van der Waals surface area contributed by atoms with Crippen molar-refractivity contribution in [3.8, 4) is 0 Å². The van der Waals surface area contributed by atoms with E-state index in [0.717, 1.165) is 13.1 Å². The average Bonchev–Trinajstić information content (AvgIpc) is 2.38. The number of hydrogen-bond donors (Lipinski definition) is 2. The van der Waals surface area contributed by atoms with Gasteiger partial charge in [0.25, 0.3) is 0 Å². The maximum absolute atomic E-state index is 14.5. The van der Waals surface area contributed by atoms with E-state index in [2.05, 4.69) is 46.6 Å². The number of hydrogen-bond acceptors (Lipinski definition) is 3. The highest BCUT2D eigenvalue weighted by Gasteiger charge is 2.28. The van der Waals surface area contributed by atoms with E-state index < -0.39 is 0 Å². The van der Waals surface area contributed by atoms with Gasteiger partial charge in [0.05, 0.1) is 10.2 Å². The summed E-state index contributed by atoms with van der Waals surface area (Å²) in [6.45, 7) is 5.84. The zero-order valence-electron chi connectivity index (χ0n) is 12.0. The van der Waals surface area contributed by atoms with E-state index in [1.807, 2.05) is 0 Å². The molecule has 0 bridgehead atoms. The van der Waals surface area contributed by atoms with E-state index in [4.69, 9.17) is 11.1 Å². The molecule has 0 spiro atoms. The number of rotatable bonds is 2. The molecule has 1 fully saturated rings. The van der Waals surface area contributed by atoms with Crippen LogP contribution in [-0.4, -0.2) is 43.0 Å². The highest BCUT2D eigenvalue weighted by molar-refractivity contribution is 9.10. The van der Waals surface area contributed by atoms with Gasteiger partial charge in [-0.1, -0.05) is 0 Å². The fraction of sp³-hybridized carbons (Fsp3) is 0.500. The van der Waals surface area contributed by atoms with Crippen molar-refractivity contribution in [2.75, 3.05) is 25.0 Å². The maximum atomic E-state index is 14.5. The highest BCUT2D eigenvalue weighted by Crippen LogP contribution is 2.31. The van der Waals surface area contributed by atoms with Crippen LogP contribution in [0.15, 0.2) is 16.6 Å². The number of anilines is 1. The van der Waals surface area contributed by atoms with Gasteiger partial charge in [0, 0.05) is 30.7 Å². The summed E-state index contributed by atoms with van der Waals surface area (Å²) in [6, 6.07) is 4.13. The van der Waals surface area contributed by atoms with Crippen LogP contribution < -0.4 is 10.6 Å². The van der Waals surface area contributed by atoms with E-state index in [1.54, 1.807) is 12.1 Å². The summed E-state index contributed by atoms with van der Waals surface area (Å²) in [6.07, 6.45) is 0. The van der Waals surface area contributed by atoms with Crippen LogP contribution in [0.5, 0.6) is 0 Å². The van der Waals surface area contributed by atoms with Crippen molar-refractivity contribution in [1.29, 1.82) is 5.41 Å². The normalized spacial score (nSPS) is 23.9. The van der Waals surface area contributed by atoms with Gasteiger partial charge in [-0.2, -0.15) is 0 Å². The highest BCUT2D eigenvalue weighted by atomic mass is 79.9. The van der Waals surface area contributed by atoms with Crippen LogP contribution in [0.1, 0.15) is 19.4 Å². The van der Waals surface area contributed by atoms with Crippen LogP contribution in [0.4, 0.5) is 10.1 Å². The number of halogens is 2. The molecule has 1 aliphatic heterocycles. The van der Waals surface area contributed by atoms with Crippen molar-refractivity contribution in [2.45, 2.75) is 25.9 Å². The SMILES string of the molecule is CC1CN(c2ccc(C(=N)N)c(Br)c2F)CC(C)N1C. The molecule has 110 valence electrons. The number of nitrogens with two attached hydrogens (primary N) is 1. The maximum Gasteiger partial charge on any atom is 0.161 e. The number of nitrogens with one attached hydrogen (secondary N) is 1. The van der Waals surface area contributed by atoms with Gasteiger partial charge in [0.1, 0.15) is 5.84 Å². The topological polar surface area (TPSA) is 56.4 Å². The Hall–Kier alpha value is -1.14. The summed E-state index contributed by atoms with van der Waals surface area (Å²) in [5.41, 5.74) is 6.39. The zero-order valence-corrected chi connectivity index (χ0v) is 13.5. The zero-order chi connectivity index (χ0) is 15.0. The van der Waals surface area contributed by atoms with Crippen LogP contribution >= 0.6 is 15.9 Å². The molecule has 4 nitrogen and oxygen atoms in total. The lowest BCUT2D eigenvalue weighted by Crippen LogP contribution is -2.55. The lowest BCUT2D eigenvalue weighted by Gasteiger charge is -2.43. The lowest BCUT2D eigenvalue weighted by molar-refractivity contribution is 0.169. The summed E-state index contributed by atoms with van der Waals surface area (Å²) in [7, 11) is 2.10. The number of piperazine rings is 1. The first kappa shape index (κ1) is 15.3. The minimum atomic E-state index is -0.346. The molecule has 0 saturated carbocycles. The minimum absolute atomic E-state index is 0.137. The number of nitrogen functional groups attached to an aromatic ring is 1. The van der Waals surface area contributed by atoms with Crippen molar-refractivity contribution in [3.63, 3.8) is 0 Å². The second kappa shape index (κ2) is 5.69. The molecule has 1 aromatic rings. The Morgan fingerprint density at radius 1 is 1.35 bits per heavy atom. The molecule has 1 heterocycles. The minimum Gasteiger partial charge on any atom is -0.384 e. The molecule has 0 aromatic heterocycles. The number of benzene rings is 1. The van der Waals surface area contributed by atoms with Crippen molar-refractivity contribution in [2.24, 2.45) is 5.73 Å². The Morgan fingerprint density at radius 2 is 1.90 bits per heavy atom. The standard InChI is InChI=1S/C14H20BrFN4/c1-8-6-20(7-9(2)19(8)3)11-5-4-10(14(17)18)12(15)13(11)16/h4-5,8-9H,6-7H2,1-3H3,(H3,17,18). The average molecular weight is 343 g/mol. The molecule has 0 radical (unpaired) electrons. The third kappa shape index (κ3) is 2.67. The molecular weight excluding hydrogens is 323 g/mol. The first-order valence-corrected chi connectivity index (χ1v) is 7.41. The summed E-state index contributed by atoms with van der Waals surface area (Å²) in [5, 5.41) is 7.44. The molecule has 2 atom stereocenters. The molecular formula is C14H20BrFN4. The second-order valence-electron chi connectivity index (χ2n) is 5.44. The first-order valence-electron chi connectivity index (χ1n) is 6.62. The smallest absolute Gasteiger partial charge is 0.161 e. The molecule has 2 unspecified atom stereocenters. The second-order valence-corrected chi connectivity index (χ2v) is 6.24. The third-order valence-electron chi connectivity index (χ3n) is 4.05. The van der Waals surface area contributed by atoms with Gasteiger partial charge >= 0.3 is 0 Å². The van der Waals surface area contributed by atoms with Crippen molar-refractivity contribution in [1.82, 2.24) is 4.90 Å². The van der Waals surface area contributed by atoms with Crippen LogP contribution in [-0.2, 0) is 0 Å². The Labute approximate surface area is 127 Å². The predicted molar refractivity (Wildman–Crippen MR) is 84.0 cm³/mol. The molecule has 1 saturated heterocycles. The van der Waals surface area contributed by atoms with Crippen molar-refractivity contribution in [3.05, 3.63) is 28.0 Å². The van der Waals surface area contributed by atoms with E-state index in [9.17, 15) is 4.39 Å². The molecule has 3 N–H and O–H groups in total. The summed E-state index contributed by atoms with van der Waals surface area (Å²) in [5.74, 6) is -0.482. The molecule has 1 aromatic carbocycles. The van der Waals surface area contributed by atoms with E-state index in [0.29, 0.717) is 23.3 Å². The Kier molecular flexibility index (Phi) is 4.34. The Bertz CT molecular complexity index is 522. The van der Waals surface area contributed by atoms with Crippen LogP contribution in [0, 0.1) is 11.2 Å². The fourth-order valence-corrected chi connectivity index (χ4v) is 3.14. The molecule has 20 heavy (non-hydrogen) atoms. The fourth-order valence-electron chi connectivity index (χ4n) is 2.59. The Balaban J connectivity index is 2.34. The quantitative estimate of drug-likeness (QED) is 0.640. The lowest BCUT2D eigenvalue weighted by atomic mass is 10.1. The van der Waals surface area contributed by atoms with Crippen LogP contribution in [0.3, 0.4) is 0 Å². The van der Waals surface area contributed by atoms with Gasteiger partial charge in [-0.25, -0.2) is 4.39 Å². The number of amidine groups is 1. The van der Waals surface area contributed by atoms with E-state index in [1.165, 1.54) is 0 Å². The van der Waals surface area contributed by atoms with E-state index in [-0.39, 0.29) is 16.1 Å². The summed E-state index contributed by atoms with van der Waals surface area (Å²) in [4.78, 5) is 4.35. The number of nitrogens with zero attached hydrogens (tertiary/aromatic N) is 2. The molecule has 2 rings (SSSR count). The van der Waals surface area contributed by atoms with Crippen LogP contribution in [0.2, 0.25) is 0 Å². The molecule has 0 aliphatic carbocycles. The van der Waals surface area contributed by atoms with Gasteiger partial charge in [-0.05, 0) is 49.0 Å². The molecule has 6 heteroatoms. The molecule has 1 aliphatic rings. The third-order valence-corrected chi connectivity index (χ3v) is 4.83. The van der Waals surface area contributed by atoms with Crippen LogP contribution in [0.25, 0.3) is 0 Å². The molecule has 0 amide bonds. The number of likely N-dealkylation sites (N-methyl/N-ethyl adjacent to an activating group) is 1. The van der Waals surface area contributed by atoms with Crippen molar-refractivity contribution >= 4 is 27.5 Å². The summed E-state index contributed by atoms with van der Waals surface area (Å²) >= 11 is 3.21.